The topological polar surface area (TPSA) is 38.3 Å². The van der Waals surface area contributed by atoms with Crippen molar-refractivity contribution in [2.24, 2.45) is 0 Å². The van der Waals surface area contributed by atoms with Gasteiger partial charge < -0.3 is 10.1 Å². The summed E-state index contributed by atoms with van der Waals surface area (Å²) in [5.74, 6) is 0.379. The highest BCUT2D eigenvalue weighted by Crippen LogP contribution is 2.13. The molecular weight excluding hydrogens is 166 g/mol. The fraction of sp³-hybridized carbons (Fsp3) is 0.571. The number of hydrogen-bond donors (Lipinski definition) is 1. The van der Waals surface area contributed by atoms with Gasteiger partial charge in [0.25, 0.3) is 0 Å². The number of halogens is 1. The quantitative estimate of drug-likeness (QED) is 0.519. The molecule has 0 unspecified atom stereocenters. The first-order valence-corrected chi connectivity index (χ1v) is 3.95. The second kappa shape index (κ2) is 3.62. The van der Waals surface area contributed by atoms with Gasteiger partial charge in [0, 0.05) is 12.3 Å². The van der Waals surface area contributed by atoms with Crippen LogP contribution < -0.4 is 5.32 Å². The maximum atomic E-state index is 10.7. The number of carbonyl (C=O) groups is 1. The summed E-state index contributed by atoms with van der Waals surface area (Å²) in [7, 11) is 0. The van der Waals surface area contributed by atoms with Crippen LogP contribution in [0.25, 0.3) is 0 Å². The number of cyclic esters (lactones) is 1. The van der Waals surface area contributed by atoms with Crippen LogP contribution in [-0.2, 0) is 4.74 Å². The molecule has 1 aliphatic heterocycles. The van der Waals surface area contributed by atoms with Gasteiger partial charge in [0.1, 0.15) is 6.10 Å². The molecule has 1 saturated heterocycles. The average Bonchev–Trinajstić information content (AvgIpc) is 2.32. The summed E-state index contributed by atoms with van der Waals surface area (Å²) in [4.78, 5) is 10.7. The van der Waals surface area contributed by atoms with E-state index in [0.717, 1.165) is 0 Å². The molecule has 0 aromatic carbocycles. The largest absolute Gasteiger partial charge is 0.444 e. The second-order valence-corrected chi connectivity index (χ2v) is 2.68. The van der Waals surface area contributed by atoms with Gasteiger partial charge in [-0.15, -0.1) is 18.2 Å². The van der Waals surface area contributed by atoms with Gasteiger partial charge >= 0.3 is 6.09 Å². The summed E-state index contributed by atoms with van der Waals surface area (Å²) >= 11 is 5.57. The minimum Gasteiger partial charge on any atom is -0.444 e. The van der Waals surface area contributed by atoms with Crippen LogP contribution in [0.15, 0.2) is 12.7 Å². The summed E-state index contributed by atoms with van der Waals surface area (Å²) in [6.45, 7) is 3.56. The van der Waals surface area contributed by atoms with Gasteiger partial charge in [-0.3, -0.25) is 0 Å². The first-order chi connectivity index (χ1) is 5.27. The predicted octanol–water partition coefficient (Wildman–Crippen LogP) is 1.28. The fourth-order valence-electron chi connectivity index (χ4n) is 1.01. The molecule has 1 heterocycles. The van der Waals surface area contributed by atoms with Gasteiger partial charge in [-0.05, 0) is 0 Å². The Morgan fingerprint density at radius 3 is 3.09 bits per heavy atom. The Morgan fingerprint density at radius 2 is 2.55 bits per heavy atom. The highest BCUT2D eigenvalue weighted by atomic mass is 35.5. The van der Waals surface area contributed by atoms with E-state index in [1.54, 1.807) is 6.08 Å². The van der Waals surface area contributed by atoms with E-state index < -0.39 is 0 Å². The summed E-state index contributed by atoms with van der Waals surface area (Å²) in [6.07, 6.45) is 1.83. The molecule has 1 N–H and O–H groups in total. The Hall–Kier alpha value is -0.700. The first kappa shape index (κ1) is 8.40. The Kier molecular flexibility index (Phi) is 2.76. The molecule has 1 rings (SSSR count). The average molecular weight is 176 g/mol. The molecule has 11 heavy (non-hydrogen) atoms. The number of alkyl carbamates (subject to hydrolysis) is 1. The lowest BCUT2D eigenvalue weighted by Gasteiger charge is -2.10. The third-order valence-corrected chi connectivity index (χ3v) is 1.91. The molecular formula is C7H10ClNO2. The normalized spacial score (nSPS) is 29.4. The lowest BCUT2D eigenvalue weighted by atomic mass is 10.1. The van der Waals surface area contributed by atoms with Gasteiger partial charge in [-0.2, -0.15) is 0 Å². The van der Waals surface area contributed by atoms with Crippen molar-refractivity contribution in [1.82, 2.24) is 5.32 Å². The van der Waals surface area contributed by atoms with E-state index in [1.807, 2.05) is 0 Å². The smallest absolute Gasteiger partial charge is 0.407 e. The van der Waals surface area contributed by atoms with E-state index in [2.05, 4.69) is 11.9 Å². The number of amides is 1. The Labute approximate surface area is 70.4 Å². The van der Waals surface area contributed by atoms with Crippen LogP contribution in [0.5, 0.6) is 0 Å². The number of rotatable bonds is 3. The predicted molar refractivity (Wildman–Crippen MR) is 42.7 cm³/mol. The zero-order chi connectivity index (χ0) is 8.27. The first-order valence-electron chi connectivity index (χ1n) is 3.42. The van der Waals surface area contributed by atoms with E-state index in [1.165, 1.54) is 0 Å². The molecule has 0 spiro atoms. The molecule has 62 valence electrons. The number of nitrogens with one attached hydrogen (secondary N) is 1. The van der Waals surface area contributed by atoms with Crippen LogP contribution in [0.4, 0.5) is 4.79 Å². The van der Waals surface area contributed by atoms with Crippen molar-refractivity contribution in [3.63, 3.8) is 0 Å². The van der Waals surface area contributed by atoms with Gasteiger partial charge in [0.15, 0.2) is 0 Å². The third-order valence-electron chi connectivity index (χ3n) is 1.58. The second-order valence-electron chi connectivity index (χ2n) is 2.37. The monoisotopic (exact) mass is 175 g/mol. The van der Waals surface area contributed by atoms with Crippen LogP contribution in [0.2, 0.25) is 0 Å². The van der Waals surface area contributed by atoms with Gasteiger partial charge in [-0.1, -0.05) is 6.08 Å². The molecule has 1 fully saturated rings. The fourth-order valence-corrected chi connectivity index (χ4v) is 1.29. The highest BCUT2D eigenvalue weighted by Gasteiger charge is 2.31. The standard InChI is InChI=1S/C7H10ClNO2/c1-2-3-6-5(4-8)9-7(10)11-6/h2,5-6H,1,3-4H2,(H,9,10)/t5-,6-/m0/s1. The minimum atomic E-state index is -0.387. The number of ether oxygens (including phenoxy) is 1. The van der Waals surface area contributed by atoms with Crippen molar-refractivity contribution in [3.05, 3.63) is 12.7 Å². The van der Waals surface area contributed by atoms with Crippen LogP contribution in [0.3, 0.4) is 0 Å². The molecule has 0 aromatic rings. The lowest BCUT2D eigenvalue weighted by Crippen LogP contribution is -2.32. The molecule has 0 aliphatic carbocycles. The van der Waals surface area contributed by atoms with Gasteiger partial charge in [0.2, 0.25) is 0 Å². The van der Waals surface area contributed by atoms with Crippen LogP contribution in [0.1, 0.15) is 6.42 Å². The number of carbonyl (C=O) groups excluding carboxylic acids is 1. The molecule has 0 saturated carbocycles. The summed E-state index contributed by atoms with van der Waals surface area (Å²) in [6, 6.07) is -0.0674. The van der Waals surface area contributed by atoms with E-state index in [0.29, 0.717) is 12.3 Å². The highest BCUT2D eigenvalue weighted by molar-refractivity contribution is 6.18. The Balaban J connectivity index is 2.49. The van der Waals surface area contributed by atoms with Crippen LogP contribution in [-0.4, -0.2) is 24.1 Å². The molecule has 2 atom stereocenters. The molecule has 1 amide bonds. The Bertz CT molecular complexity index is 172. The van der Waals surface area contributed by atoms with E-state index in [4.69, 9.17) is 16.3 Å². The van der Waals surface area contributed by atoms with Gasteiger partial charge in [0.05, 0.1) is 6.04 Å². The van der Waals surface area contributed by atoms with Crippen molar-refractivity contribution in [2.75, 3.05) is 5.88 Å². The van der Waals surface area contributed by atoms with E-state index >= 15 is 0 Å². The van der Waals surface area contributed by atoms with Crippen LogP contribution >= 0.6 is 11.6 Å². The lowest BCUT2D eigenvalue weighted by molar-refractivity contribution is 0.135. The molecule has 0 aromatic heterocycles. The van der Waals surface area contributed by atoms with Crippen molar-refractivity contribution in [2.45, 2.75) is 18.6 Å². The summed E-state index contributed by atoms with van der Waals surface area (Å²) in [5, 5.41) is 2.60. The number of hydrogen-bond acceptors (Lipinski definition) is 2. The van der Waals surface area contributed by atoms with Crippen molar-refractivity contribution in [3.8, 4) is 0 Å². The van der Waals surface area contributed by atoms with Crippen molar-refractivity contribution < 1.29 is 9.53 Å². The Morgan fingerprint density at radius 1 is 1.82 bits per heavy atom. The SMILES string of the molecule is C=CC[C@@H]1OC(=O)N[C@H]1CCl. The number of alkyl halides is 1. The van der Waals surface area contributed by atoms with E-state index in [9.17, 15) is 4.79 Å². The molecule has 4 heteroatoms. The summed E-state index contributed by atoms with van der Waals surface area (Å²) < 4.78 is 4.90. The maximum Gasteiger partial charge on any atom is 0.407 e. The van der Waals surface area contributed by atoms with E-state index in [-0.39, 0.29) is 18.2 Å². The van der Waals surface area contributed by atoms with Crippen molar-refractivity contribution >= 4 is 17.7 Å². The van der Waals surface area contributed by atoms with Crippen molar-refractivity contribution in [1.29, 1.82) is 0 Å². The molecule has 3 nitrogen and oxygen atoms in total. The summed E-state index contributed by atoms with van der Waals surface area (Å²) in [5.41, 5.74) is 0. The molecule has 1 aliphatic rings. The molecule has 0 radical (unpaired) electrons. The zero-order valence-electron chi connectivity index (χ0n) is 6.05. The van der Waals surface area contributed by atoms with Crippen LogP contribution in [0, 0.1) is 0 Å². The zero-order valence-corrected chi connectivity index (χ0v) is 6.80. The maximum absolute atomic E-state index is 10.7. The third kappa shape index (κ3) is 1.87. The molecule has 0 bridgehead atoms. The van der Waals surface area contributed by atoms with Gasteiger partial charge in [-0.25, -0.2) is 4.79 Å². The minimum absolute atomic E-state index is 0.0674.